The van der Waals surface area contributed by atoms with Gasteiger partial charge in [0, 0.05) is 0 Å². The van der Waals surface area contributed by atoms with E-state index in [-0.39, 0.29) is 5.69 Å². The Hall–Kier alpha value is -1.97. The predicted octanol–water partition coefficient (Wildman–Crippen LogP) is 1.30. The van der Waals surface area contributed by atoms with Crippen molar-refractivity contribution in [2.75, 3.05) is 0 Å². The summed E-state index contributed by atoms with van der Waals surface area (Å²) in [7, 11) is 0. The van der Waals surface area contributed by atoms with Crippen LogP contribution < -0.4 is 0 Å². The van der Waals surface area contributed by atoms with Crippen molar-refractivity contribution in [2.45, 2.75) is 0 Å². The molecular formula is C9H9N3O. The van der Waals surface area contributed by atoms with Crippen LogP contribution in [-0.4, -0.2) is 21.3 Å². The Morgan fingerprint density at radius 1 is 1.54 bits per heavy atom. The second-order valence-electron chi connectivity index (χ2n) is 2.24. The lowest BCUT2D eigenvalue weighted by Gasteiger charge is -1.96. The van der Waals surface area contributed by atoms with Crippen molar-refractivity contribution >= 4 is 12.0 Å². The van der Waals surface area contributed by atoms with Crippen LogP contribution in [0.1, 0.15) is 10.5 Å². The van der Waals surface area contributed by atoms with Gasteiger partial charge in [-0.1, -0.05) is 24.4 Å². The normalized spacial score (nSPS) is 10.9. The summed E-state index contributed by atoms with van der Waals surface area (Å²) in [5.74, 6) is 0. The van der Waals surface area contributed by atoms with E-state index >= 15 is 0 Å². The number of nitrogens with zero attached hydrogens (tertiary/aromatic N) is 3. The smallest absolute Gasteiger partial charge is 0.171 e. The number of carbonyl (C=O) groups is 1. The van der Waals surface area contributed by atoms with Gasteiger partial charge in [-0.3, -0.25) is 4.79 Å². The molecule has 1 aromatic heterocycles. The zero-order chi connectivity index (χ0) is 9.68. The van der Waals surface area contributed by atoms with Gasteiger partial charge < -0.3 is 0 Å². The Bertz CT molecular complexity index is 363. The van der Waals surface area contributed by atoms with E-state index in [4.69, 9.17) is 0 Å². The molecule has 0 saturated heterocycles. The maximum Gasteiger partial charge on any atom is 0.171 e. The SMILES string of the molecule is C=C/C=C(\C=C)n1cc(C=O)nn1. The summed E-state index contributed by atoms with van der Waals surface area (Å²) >= 11 is 0. The number of aromatic nitrogens is 3. The first-order valence-electron chi connectivity index (χ1n) is 3.65. The van der Waals surface area contributed by atoms with Crippen LogP contribution in [0.2, 0.25) is 0 Å². The Kier molecular flexibility index (Phi) is 2.92. The van der Waals surface area contributed by atoms with Crippen LogP contribution in [0.4, 0.5) is 0 Å². The fourth-order valence-electron chi connectivity index (χ4n) is 0.816. The standard InChI is InChI=1S/C9H9N3O/c1-3-5-9(4-2)12-6-8(7-13)10-11-12/h3-7H,1-2H2/b9-5+. The molecule has 1 heterocycles. The molecule has 0 amide bonds. The molecule has 13 heavy (non-hydrogen) atoms. The minimum absolute atomic E-state index is 0.289. The highest BCUT2D eigenvalue weighted by molar-refractivity contribution is 5.71. The second-order valence-corrected chi connectivity index (χ2v) is 2.24. The zero-order valence-corrected chi connectivity index (χ0v) is 7.05. The van der Waals surface area contributed by atoms with Gasteiger partial charge in [0.15, 0.2) is 6.29 Å². The quantitative estimate of drug-likeness (QED) is 0.512. The lowest BCUT2D eigenvalue weighted by molar-refractivity contribution is 0.111. The van der Waals surface area contributed by atoms with Gasteiger partial charge in [0.2, 0.25) is 0 Å². The molecule has 4 nitrogen and oxygen atoms in total. The maximum absolute atomic E-state index is 10.3. The Labute approximate surface area is 75.9 Å². The maximum atomic E-state index is 10.3. The molecule has 0 aliphatic rings. The van der Waals surface area contributed by atoms with E-state index in [0.29, 0.717) is 6.29 Å². The van der Waals surface area contributed by atoms with Crippen molar-refractivity contribution in [3.05, 3.63) is 43.3 Å². The van der Waals surface area contributed by atoms with E-state index in [1.807, 2.05) is 0 Å². The topological polar surface area (TPSA) is 47.8 Å². The first-order chi connectivity index (χ1) is 6.31. The van der Waals surface area contributed by atoms with E-state index in [9.17, 15) is 4.79 Å². The molecule has 0 radical (unpaired) electrons. The molecule has 0 atom stereocenters. The van der Waals surface area contributed by atoms with Crippen LogP contribution in [0, 0.1) is 0 Å². The molecule has 0 aromatic carbocycles. The van der Waals surface area contributed by atoms with Crippen molar-refractivity contribution < 1.29 is 4.79 Å². The first-order valence-corrected chi connectivity index (χ1v) is 3.65. The van der Waals surface area contributed by atoms with E-state index in [1.165, 1.54) is 10.9 Å². The number of aldehydes is 1. The van der Waals surface area contributed by atoms with Crippen molar-refractivity contribution in [3.63, 3.8) is 0 Å². The van der Waals surface area contributed by atoms with Crippen molar-refractivity contribution in [1.29, 1.82) is 0 Å². The average Bonchev–Trinajstić information content (AvgIpc) is 2.62. The summed E-state index contributed by atoms with van der Waals surface area (Å²) in [4.78, 5) is 10.3. The molecule has 66 valence electrons. The highest BCUT2D eigenvalue weighted by Gasteiger charge is 1.99. The minimum atomic E-state index is 0.289. The summed E-state index contributed by atoms with van der Waals surface area (Å²) < 4.78 is 1.46. The molecule has 0 N–H and O–H groups in total. The summed E-state index contributed by atoms with van der Waals surface area (Å²) in [5.41, 5.74) is 1.01. The average molecular weight is 175 g/mol. The van der Waals surface area contributed by atoms with Gasteiger partial charge in [0.05, 0.1) is 11.9 Å². The van der Waals surface area contributed by atoms with Gasteiger partial charge >= 0.3 is 0 Å². The monoisotopic (exact) mass is 175 g/mol. The summed E-state index contributed by atoms with van der Waals surface area (Å²) in [6, 6.07) is 0. The van der Waals surface area contributed by atoms with Gasteiger partial charge in [-0.05, 0) is 12.2 Å². The van der Waals surface area contributed by atoms with Crippen LogP contribution in [0.5, 0.6) is 0 Å². The molecule has 0 spiro atoms. The van der Waals surface area contributed by atoms with Gasteiger partial charge in [-0.2, -0.15) is 0 Å². The lowest BCUT2D eigenvalue weighted by Crippen LogP contribution is -1.94. The van der Waals surface area contributed by atoms with Crippen LogP contribution >= 0.6 is 0 Å². The van der Waals surface area contributed by atoms with E-state index in [2.05, 4.69) is 23.5 Å². The molecule has 0 bridgehead atoms. The fraction of sp³-hybridized carbons (Fsp3) is 0. The Morgan fingerprint density at radius 2 is 2.31 bits per heavy atom. The number of allylic oxidation sites excluding steroid dienone is 4. The Balaban J connectivity index is 3.04. The third-order valence-corrected chi connectivity index (χ3v) is 1.39. The highest BCUT2D eigenvalue weighted by atomic mass is 16.1. The van der Waals surface area contributed by atoms with Crippen LogP contribution in [0.3, 0.4) is 0 Å². The molecule has 1 aromatic rings. The van der Waals surface area contributed by atoms with E-state index < -0.39 is 0 Å². The fourth-order valence-corrected chi connectivity index (χ4v) is 0.816. The van der Waals surface area contributed by atoms with Crippen LogP contribution in [-0.2, 0) is 0 Å². The van der Waals surface area contributed by atoms with E-state index in [1.54, 1.807) is 18.2 Å². The van der Waals surface area contributed by atoms with Crippen molar-refractivity contribution in [1.82, 2.24) is 15.0 Å². The summed E-state index contributed by atoms with van der Waals surface area (Å²) in [5, 5.41) is 7.33. The van der Waals surface area contributed by atoms with Crippen molar-refractivity contribution in [3.8, 4) is 0 Å². The molecule has 0 aliphatic carbocycles. The highest BCUT2D eigenvalue weighted by Crippen LogP contribution is 2.03. The molecule has 4 heteroatoms. The second kappa shape index (κ2) is 4.15. The summed E-state index contributed by atoms with van der Waals surface area (Å²) in [6.07, 6.45) is 7.09. The minimum Gasteiger partial charge on any atom is -0.296 e. The van der Waals surface area contributed by atoms with Crippen LogP contribution in [0.25, 0.3) is 5.70 Å². The third-order valence-electron chi connectivity index (χ3n) is 1.39. The zero-order valence-electron chi connectivity index (χ0n) is 7.05. The van der Waals surface area contributed by atoms with Crippen LogP contribution in [0.15, 0.2) is 37.6 Å². The van der Waals surface area contributed by atoms with Crippen molar-refractivity contribution in [2.24, 2.45) is 0 Å². The number of carbonyl (C=O) groups excluding carboxylic acids is 1. The summed E-state index contributed by atoms with van der Waals surface area (Å²) in [6.45, 7) is 7.14. The number of rotatable bonds is 4. The largest absolute Gasteiger partial charge is 0.296 e. The van der Waals surface area contributed by atoms with Gasteiger partial charge in [-0.25, -0.2) is 4.68 Å². The lowest BCUT2D eigenvalue weighted by atomic mass is 10.4. The Morgan fingerprint density at radius 3 is 2.77 bits per heavy atom. The van der Waals surface area contributed by atoms with Gasteiger partial charge in [-0.15, -0.1) is 5.10 Å². The van der Waals surface area contributed by atoms with Gasteiger partial charge in [0.25, 0.3) is 0 Å². The first kappa shape index (κ1) is 9.12. The third kappa shape index (κ3) is 1.99. The molecule has 0 fully saturated rings. The molecule has 1 rings (SSSR count). The number of hydrogen-bond donors (Lipinski definition) is 0. The van der Waals surface area contributed by atoms with Gasteiger partial charge in [0.1, 0.15) is 5.69 Å². The molecular weight excluding hydrogens is 166 g/mol. The molecule has 0 aliphatic heterocycles. The molecule has 0 saturated carbocycles. The van der Waals surface area contributed by atoms with E-state index in [0.717, 1.165) is 5.70 Å². The molecule has 0 unspecified atom stereocenters. The number of hydrogen-bond acceptors (Lipinski definition) is 3. The predicted molar refractivity (Wildman–Crippen MR) is 50.1 cm³/mol.